The maximum Gasteiger partial charge on any atom is 0.417 e. The number of carbonyl (C=O) groups is 3. The van der Waals surface area contributed by atoms with E-state index in [1.54, 1.807) is 24.3 Å². The summed E-state index contributed by atoms with van der Waals surface area (Å²) in [4.78, 5) is 34.7. The smallest absolute Gasteiger partial charge is 0.417 e. The summed E-state index contributed by atoms with van der Waals surface area (Å²) in [6.07, 6.45) is -0.860. The van der Waals surface area contributed by atoms with Crippen LogP contribution in [0, 0.1) is 0 Å². The molecule has 0 radical (unpaired) electrons. The zero-order chi connectivity index (χ0) is 13.8. The Balaban J connectivity index is 1.99. The molecule has 2 amide bonds. The Morgan fingerprint density at radius 1 is 1.32 bits per heavy atom. The molecule has 0 spiro atoms. The number of carboxylic acids is 1. The molecule has 1 atom stereocenters. The minimum absolute atomic E-state index is 0.0107. The number of carbonyl (C=O) groups excluding carboxylic acids is 3. The normalized spacial score (nSPS) is 18.4. The van der Waals surface area contributed by atoms with Gasteiger partial charge in [0.25, 0.3) is 0 Å². The number of hydrogen-bond acceptors (Lipinski definition) is 5. The number of benzene rings is 1. The van der Waals surface area contributed by atoms with Crippen LogP contribution in [0.3, 0.4) is 0 Å². The predicted molar refractivity (Wildman–Crippen MR) is 61.5 cm³/mol. The Morgan fingerprint density at radius 3 is 2.63 bits per heavy atom. The van der Waals surface area contributed by atoms with E-state index in [-0.39, 0.29) is 19.4 Å². The number of nitrogens with zero attached hydrogens (tertiary/aromatic N) is 1. The van der Waals surface area contributed by atoms with Crippen LogP contribution in [0.1, 0.15) is 18.4 Å². The molecular formula is C13H12NO5-. The topological polar surface area (TPSA) is 86.7 Å². The molecule has 0 unspecified atom stereocenters. The number of ether oxygens (including phenoxy) is 1. The van der Waals surface area contributed by atoms with E-state index >= 15 is 0 Å². The van der Waals surface area contributed by atoms with Crippen molar-refractivity contribution >= 4 is 18.0 Å². The summed E-state index contributed by atoms with van der Waals surface area (Å²) in [5.41, 5.74) is 0.757. The third-order valence-corrected chi connectivity index (χ3v) is 2.89. The van der Waals surface area contributed by atoms with Crippen molar-refractivity contribution in [2.75, 3.05) is 0 Å². The van der Waals surface area contributed by atoms with Gasteiger partial charge in [-0.15, -0.1) is 0 Å². The third-order valence-electron chi connectivity index (χ3n) is 2.89. The number of imide groups is 1. The largest absolute Gasteiger partial charge is 0.548 e. The van der Waals surface area contributed by atoms with Crippen molar-refractivity contribution in [3.05, 3.63) is 35.9 Å². The molecule has 1 aliphatic heterocycles. The average Bonchev–Trinajstić information content (AvgIpc) is 2.79. The molecule has 19 heavy (non-hydrogen) atoms. The van der Waals surface area contributed by atoms with Gasteiger partial charge >= 0.3 is 6.09 Å². The highest BCUT2D eigenvalue weighted by Gasteiger charge is 2.37. The summed E-state index contributed by atoms with van der Waals surface area (Å²) in [5, 5.41) is 10.8. The van der Waals surface area contributed by atoms with E-state index in [1.165, 1.54) is 0 Å². The number of hydrogen-bond donors (Lipinski definition) is 0. The van der Waals surface area contributed by atoms with Crippen LogP contribution in [-0.2, 0) is 20.9 Å². The fourth-order valence-corrected chi connectivity index (χ4v) is 1.92. The Bertz CT molecular complexity index is 499. The first-order valence-electron chi connectivity index (χ1n) is 5.83. The van der Waals surface area contributed by atoms with Gasteiger partial charge in [-0.1, -0.05) is 30.3 Å². The van der Waals surface area contributed by atoms with Crippen LogP contribution in [0.5, 0.6) is 0 Å². The summed E-state index contributed by atoms with van der Waals surface area (Å²) in [5.74, 6) is -1.99. The van der Waals surface area contributed by atoms with E-state index in [4.69, 9.17) is 4.74 Å². The number of likely N-dealkylation sites (tertiary alicyclic amines) is 1. The van der Waals surface area contributed by atoms with Gasteiger partial charge in [-0.2, -0.15) is 0 Å². The van der Waals surface area contributed by atoms with Crippen LogP contribution in [0.15, 0.2) is 30.3 Å². The summed E-state index contributed by atoms with van der Waals surface area (Å²) >= 11 is 0. The van der Waals surface area contributed by atoms with E-state index in [1.807, 2.05) is 6.07 Å². The van der Waals surface area contributed by atoms with E-state index in [2.05, 4.69) is 0 Å². The number of carboxylic acid groups (broad SMARTS) is 1. The molecule has 1 heterocycles. The highest BCUT2D eigenvalue weighted by Crippen LogP contribution is 2.19. The van der Waals surface area contributed by atoms with E-state index in [0.717, 1.165) is 5.56 Å². The monoisotopic (exact) mass is 262 g/mol. The molecule has 2 rings (SSSR count). The molecule has 1 aromatic carbocycles. The standard InChI is InChI=1S/C13H13NO5/c15-11-7-6-10(12(16)17)14(11)13(18)19-8-9-4-2-1-3-5-9/h1-5,10H,6-8H2,(H,16,17)/p-1/t10-/m1/s1. The third kappa shape index (κ3) is 2.90. The Hall–Kier alpha value is -2.37. The summed E-state index contributed by atoms with van der Waals surface area (Å²) in [6, 6.07) is 7.68. The van der Waals surface area contributed by atoms with Crippen molar-refractivity contribution in [1.82, 2.24) is 4.90 Å². The van der Waals surface area contributed by atoms with Gasteiger partial charge in [0, 0.05) is 6.42 Å². The molecule has 100 valence electrons. The molecule has 0 saturated carbocycles. The van der Waals surface area contributed by atoms with E-state index in [9.17, 15) is 19.5 Å². The fraction of sp³-hybridized carbons (Fsp3) is 0.308. The number of amides is 2. The van der Waals surface area contributed by atoms with Crippen LogP contribution in [0.25, 0.3) is 0 Å². The first-order valence-corrected chi connectivity index (χ1v) is 5.83. The molecule has 6 heteroatoms. The lowest BCUT2D eigenvalue weighted by Gasteiger charge is -2.22. The number of rotatable bonds is 3. The maximum absolute atomic E-state index is 11.7. The van der Waals surface area contributed by atoms with Crippen LogP contribution < -0.4 is 5.11 Å². The van der Waals surface area contributed by atoms with Crippen molar-refractivity contribution in [3.63, 3.8) is 0 Å². The lowest BCUT2D eigenvalue weighted by molar-refractivity contribution is -0.310. The second kappa shape index (κ2) is 5.51. The minimum atomic E-state index is -1.44. The highest BCUT2D eigenvalue weighted by molar-refractivity contribution is 5.98. The van der Waals surface area contributed by atoms with Crippen LogP contribution >= 0.6 is 0 Å². The number of aliphatic carboxylic acids is 1. The SMILES string of the molecule is O=C([O-])[C@H]1CCC(=O)N1C(=O)OCc1ccccc1. The fourth-order valence-electron chi connectivity index (χ4n) is 1.92. The molecular weight excluding hydrogens is 250 g/mol. The molecule has 0 aromatic heterocycles. The second-order valence-corrected chi connectivity index (χ2v) is 4.18. The van der Waals surface area contributed by atoms with Gasteiger partial charge in [-0.25, -0.2) is 9.69 Å². The zero-order valence-electron chi connectivity index (χ0n) is 10.1. The molecule has 1 aromatic rings. The summed E-state index contributed by atoms with van der Waals surface area (Å²) in [7, 11) is 0. The van der Waals surface area contributed by atoms with Gasteiger partial charge < -0.3 is 14.6 Å². The molecule has 0 N–H and O–H groups in total. The molecule has 1 fully saturated rings. The molecule has 1 aliphatic rings. The Labute approximate surface area is 109 Å². The lowest BCUT2D eigenvalue weighted by atomic mass is 10.2. The Kier molecular flexibility index (Phi) is 3.79. The second-order valence-electron chi connectivity index (χ2n) is 4.18. The predicted octanol–water partition coefficient (Wildman–Crippen LogP) is 0.0641. The van der Waals surface area contributed by atoms with Crippen molar-refractivity contribution in [3.8, 4) is 0 Å². The molecule has 6 nitrogen and oxygen atoms in total. The Morgan fingerprint density at radius 2 is 2.00 bits per heavy atom. The zero-order valence-corrected chi connectivity index (χ0v) is 10.1. The van der Waals surface area contributed by atoms with Crippen LogP contribution in [0.4, 0.5) is 4.79 Å². The highest BCUT2D eigenvalue weighted by atomic mass is 16.6. The quantitative estimate of drug-likeness (QED) is 0.769. The van der Waals surface area contributed by atoms with Crippen LogP contribution in [-0.4, -0.2) is 28.9 Å². The van der Waals surface area contributed by atoms with Gasteiger partial charge in [-0.05, 0) is 12.0 Å². The molecule has 0 bridgehead atoms. The van der Waals surface area contributed by atoms with Crippen molar-refractivity contribution in [1.29, 1.82) is 0 Å². The lowest BCUT2D eigenvalue weighted by Crippen LogP contribution is -2.48. The van der Waals surface area contributed by atoms with Gasteiger partial charge in [0.2, 0.25) is 5.91 Å². The van der Waals surface area contributed by atoms with Crippen molar-refractivity contribution in [2.24, 2.45) is 0 Å². The first-order chi connectivity index (χ1) is 9.09. The van der Waals surface area contributed by atoms with Crippen molar-refractivity contribution < 1.29 is 24.2 Å². The minimum Gasteiger partial charge on any atom is -0.548 e. The molecule has 0 aliphatic carbocycles. The van der Waals surface area contributed by atoms with Crippen molar-refractivity contribution in [2.45, 2.75) is 25.5 Å². The van der Waals surface area contributed by atoms with Gasteiger partial charge in [-0.3, -0.25) is 4.79 Å². The average molecular weight is 262 g/mol. The van der Waals surface area contributed by atoms with Crippen LogP contribution in [0.2, 0.25) is 0 Å². The van der Waals surface area contributed by atoms with E-state index < -0.39 is 24.0 Å². The van der Waals surface area contributed by atoms with E-state index in [0.29, 0.717) is 4.90 Å². The first kappa shape index (κ1) is 13.1. The van der Waals surface area contributed by atoms with Gasteiger partial charge in [0.05, 0.1) is 12.0 Å². The maximum atomic E-state index is 11.7. The summed E-state index contributed by atoms with van der Waals surface area (Å²) in [6.45, 7) is -0.0107. The summed E-state index contributed by atoms with van der Waals surface area (Å²) < 4.78 is 4.94. The van der Waals surface area contributed by atoms with Gasteiger partial charge in [0.15, 0.2) is 0 Å². The van der Waals surface area contributed by atoms with Gasteiger partial charge in [0.1, 0.15) is 6.61 Å². The molecule has 1 saturated heterocycles.